The van der Waals surface area contributed by atoms with Gasteiger partial charge in [-0.05, 0) is 49.2 Å². The zero-order chi connectivity index (χ0) is 20.1. The Balaban J connectivity index is 1.46. The molecular formula is C24H23FN2O2. The third-order valence-electron chi connectivity index (χ3n) is 4.86. The molecule has 148 valence electrons. The highest BCUT2D eigenvalue weighted by Gasteiger charge is 2.15. The van der Waals surface area contributed by atoms with E-state index in [9.17, 15) is 4.39 Å². The summed E-state index contributed by atoms with van der Waals surface area (Å²) in [6.07, 6.45) is 1.77. The molecule has 0 radical (unpaired) electrons. The van der Waals surface area contributed by atoms with Crippen molar-refractivity contribution in [3.8, 4) is 22.9 Å². The lowest BCUT2D eigenvalue weighted by molar-refractivity contribution is 0.301. The number of aromatic nitrogens is 2. The van der Waals surface area contributed by atoms with E-state index < -0.39 is 0 Å². The summed E-state index contributed by atoms with van der Waals surface area (Å²) in [5.41, 5.74) is 2.41. The first-order valence-corrected chi connectivity index (χ1v) is 9.73. The van der Waals surface area contributed by atoms with Crippen molar-refractivity contribution in [1.29, 1.82) is 0 Å². The summed E-state index contributed by atoms with van der Waals surface area (Å²) in [4.78, 5) is 4.69. The van der Waals surface area contributed by atoms with Gasteiger partial charge in [0, 0.05) is 12.6 Å². The molecule has 3 aromatic carbocycles. The van der Waals surface area contributed by atoms with E-state index in [4.69, 9.17) is 9.47 Å². The molecule has 0 atom stereocenters. The van der Waals surface area contributed by atoms with Gasteiger partial charge in [0.15, 0.2) is 0 Å². The number of unbranched alkanes of at least 4 members (excludes halogenated alkanes) is 1. The number of halogens is 1. The summed E-state index contributed by atoms with van der Waals surface area (Å²) >= 11 is 0. The highest BCUT2D eigenvalue weighted by Crippen LogP contribution is 2.27. The van der Waals surface area contributed by atoms with Gasteiger partial charge in [-0.25, -0.2) is 9.37 Å². The summed E-state index contributed by atoms with van der Waals surface area (Å²) in [5.74, 6) is 1.98. The fraction of sp³-hybridized carbons (Fsp3) is 0.208. The number of hydrogen-bond acceptors (Lipinski definition) is 3. The SMILES string of the molecule is COc1cccc(OCCCCn2c(-c3ccccc3F)nc3ccccc32)c1. The van der Waals surface area contributed by atoms with Crippen LogP contribution in [0.1, 0.15) is 12.8 Å². The Labute approximate surface area is 169 Å². The monoisotopic (exact) mass is 390 g/mol. The van der Waals surface area contributed by atoms with Crippen LogP contribution in [0.2, 0.25) is 0 Å². The van der Waals surface area contributed by atoms with E-state index in [1.807, 2.05) is 54.6 Å². The molecule has 0 N–H and O–H groups in total. The van der Waals surface area contributed by atoms with E-state index >= 15 is 0 Å². The molecule has 1 aromatic heterocycles. The quantitative estimate of drug-likeness (QED) is 0.362. The van der Waals surface area contributed by atoms with Crippen LogP contribution in [0.25, 0.3) is 22.4 Å². The lowest BCUT2D eigenvalue weighted by Crippen LogP contribution is -2.04. The van der Waals surface area contributed by atoms with Crippen LogP contribution in [-0.2, 0) is 6.54 Å². The van der Waals surface area contributed by atoms with Crippen LogP contribution in [0, 0.1) is 5.82 Å². The van der Waals surface area contributed by atoms with Crippen molar-refractivity contribution in [3.63, 3.8) is 0 Å². The lowest BCUT2D eigenvalue weighted by atomic mass is 10.2. The van der Waals surface area contributed by atoms with Crippen molar-refractivity contribution in [2.45, 2.75) is 19.4 Å². The highest BCUT2D eigenvalue weighted by atomic mass is 19.1. The van der Waals surface area contributed by atoms with Crippen molar-refractivity contribution in [1.82, 2.24) is 9.55 Å². The first-order valence-electron chi connectivity index (χ1n) is 9.73. The molecule has 0 unspecified atom stereocenters. The molecule has 0 spiro atoms. The van der Waals surface area contributed by atoms with Gasteiger partial charge in [0.1, 0.15) is 23.1 Å². The standard InChI is InChI=1S/C24H23FN2O2/c1-28-18-9-8-10-19(17-18)29-16-7-6-15-27-23-14-5-4-13-22(23)26-24(27)20-11-2-3-12-21(20)25/h2-5,8-14,17H,6-7,15-16H2,1H3. The molecule has 1 heterocycles. The molecule has 0 aliphatic heterocycles. The summed E-state index contributed by atoms with van der Waals surface area (Å²) in [6, 6.07) is 22.3. The third-order valence-corrected chi connectivity index (χ3v) is 4.86. The van der Waals surface area contributed by atoms with E-state index in [0.29, 0.717) is 18.0 Å². The molecule has 4 rings (SSSR count). The number of nitrogens with zero attached hydrogens (tertiary/aromatic N) is 2. The molecule has 4 nitrogen and oxygen atoms in total. The zero-order valence-electron chi connectivity index (χ0n) is 16.3. The maximum absolute atomic E-state index is 14.4. The molecule has 0 saturated carbocycles. The smallest absolute Gasteiger partial charge is 0.144 e. The number of imidazole rings is 1. The molecule has 4 aromatic rings. The van der Waals surface area contributed by atoms with E-state index in [1.54, 1.807) is 19.2 Å². The molecule has 0 fully saturated rings. The predicted octanol–water partition coefficient (Wildman–Crippen LogP) is 5.71. The Morgan fingerprint density at radius 3 is 2.55 bits per heavy atom. The van der Waals surface area contributed by atoms with Crippen LogP contribution in [0.4, 0.5) is 4.39 Å². The van der Waals surface area contributed by atoms with Crippen molar-refractivity contribution in [3.05, 3.63) is 78.6 Å². The minimum Gasteiger partial charge on any atom is -0.497 e. The van der Waals surface area contributed by atoms with Crippen LogP contribution in [0.5, 0.6) is 11.5 Å². The fourth-order valence-electron chi connectivity index (χ4n) is 3.40. The van der Waals surface area contributed by atoms with Gasteiger partial charge < -0.3 is 14.0 Å². The first-order chi connectivity index (χ1) is 14.3. The second kappa shape index (κ2) is 8.78. The van der Waals surface area contributed by atoms with Gasteiger partial charge in [0.2, 0.25) is 0 Å². The summed E-state index contributed by atoms with van der Waals surface area (Å²) in [6.45, 7) is 1.35. The average molecular weight is 390 g/mol. The van der Waals surface area contributed by atoms with Crippen LogP contribution in [0.15, 0.2) is 72.8 Å². The molecule has 0 aliphatic carbocycles. The number of rotatable bonds is 8. The molecule has 0 amide bonds. The number of hydrogen-bond donors (Lipinski definition) is 0. The van der Waals surface area contributed by atoms with Gasteiger partial charge in [-0.1, -0.05) is 30.3 Å². The van der Waals surface area contributed by atoms with Gasteiger partial charge in [-0.15, -0.1) is 0 Å². The van der Waals surface area contributed by atoms with Gasteiger partial charge in [-0.3, -0.25) is 0 Å². The lowest BCUT2D eigenvalue weighted by Gasteiger charge is -2.11. The minimum absolute atomic E-state index is 0.259. The molecule has 29 heavy (non-hydrogen) atoms. The number of ether oxygens (including phenoxy) is 2. The van der Waals surface area contributed by atoms with Gasteiger partial charge in [0.25, 0.3) is 0 Å². The largest absolute Gasteiger partial charge is 0.497 e. The van der Waals surface area contributed by atoms with Gasteiger partial charge >= 0.3 is 0 Å². The first kappa shape index (κ1) is 19.0. The zero-order valence-corrected chi connectivity index (χ0v) is 16.3. The topological polar surface area (TPSA) is 36.3 Å². The minimum atomic E-state index is -0.259. The van der Waals surface area contributed by atoms with Crippen LogP contribution >= 0.6 is 0 Å². The molecule has 5 heteroatoms. The second-order valence-electron chi connectivity index (χ2n) is 6.79. The predicted molar refractivity (Wildman–Crippen MR) is 113 cm³/mol. The Morgan fingerprint density at radius 2 is 1.69 bits per heavy atom. The van der Waals surface area contributed by atoms with Crippen molar-refractivity contribution in [2.75, 3.05) is 13.7 Å². The van der Waals surface area contributed by atoms with E-state index in [-0.39, 0.29) is 5.82 Å². The highest BCUT2D eigenvalue weighted by molar-refractivity contribution is 5.80. The van der Waals surface area contributed by atoms with E-state index in [1.165, 1.54) is 6.07 Å². The normalized spacial score (nSPS) is 11.0. The molecule has 0 saturated heterocycles. The van der Waals surface area contributed by atoms with Gasteiger partial charge in [-0.2, -0.15) is 0 Å². The van der Waals surface area contributed by atoms with Crippen LogP contribution in [-0.4, -0.2) is 23.3 Å². The third kappa shape index (κ3) is 4.24. The van der Waals surface area contributed by atoms with Crippen molar-refractivity contribution >= 4 is 11.0 Å². The van der Waals surface area contributed by atoms with Crippen molar-refractivity contribution < 1.29 is 13.9 Å². The molecule has 0 bridgehead atoms. The van der Waals surface area contributed by atoms with E-state index in [0.717, 1.165) is 41.9 Å². The van der Waals surface area contributed by atoms with E-state index in [2.05, 4.69) is 9.55 Å². The Hall–Kier alpha value is -3.34. The Morgan fingerprint density at radius 1 is 0.897 bits per heavy atom. The number of aryl methyl sites for hydroxylation is 1. The maximum atomic E-state index is 14.4. The molecular weight excluding hydrogens is 367 g/mol. The van der Waals surface area contributed by atoms with Crippen molar-refractivity contribution in [2.24, 2.45) is 0 Å². The summed E-state index contributed by atoms with van der Waals surface area (Å²) in [7, 11) is 1.64. The summed E-state index contributed by atoms with van der Waals surface area (Å²) in [5, 5.41) is 0. The number of para-hydroxylation sites is 2. The molecule has 0 aliphatic rings. The fourth-order valence-corrected chi connectivity index (χ4v) is 3.40. The Kier molecular flexibility index (Phi) is 5.75. The summed E-state index contributed by atoms with van der Waals surface area (Å²) < 4.78 is 27.5. The van der Waals surface area contributed by atoms with Crippen LogP contribution < -0.4 is 9.47 Å². The average Bonchev–Trinajstić information content (AvgIpc) is 3.12. The Bertz CT molecular complexity index is 1110. The number of fused-ring (bicyclic) bond motifs is 1. The number of benzene rings is 3. The maximum Gasteiger partial charge on any atom is 0.144 e. The number of methoxy groups -OCH3 is 1. The van der Waals surface area contributed by atoms with Crippen LogP contribution in [0.3, 0.4) is 0 Å². The second-order valence-corrected chi connectivity index (χ2v) is 6.79. The van der Waals surface area contributed by atoms with Gasteiger partial charge in [0.05, 0.1) is 30.3 Å².